The first-order valence-electron chi connectivity index (χ1n) is 6.40. The molecule has 1 aliphatic rings. The lowest BCUT2D eigenvalue weighted by Gasteiger charge is -2.28. The van der Waals surface area contributed by atoms with Gasteiger partial charge in [0.1, 0.15) is 5.82 Å². The molecule has 1 aliphatic heterocycles. The van der Waals surface area contributed by atoms with E-state index in [1.54, 1.807) is 0 Å². The van der Waals surface area contributed by atoms with E-state index in [2.05, 4.69) is 33.8 Å². The van der Waals surface area contributed by atoms with E-state index >= 15 is 0 Å². The van der Waals surface area contributed by atoms with Gasteiger partial charge in [0.2, 0.25) is 5.28 Å². The van der Waals surface area contributed by atoms with Crippen LogP contribution in [-0.4, -0.2) is 46.1 Å². The summed E-state index contributed by atoms with van der Waals surface area (Å²) in [5.74, 6) is 0.852. The van der Waals surface area contributed by atoms with Crippen LogP contribution in [0.1, 0.15) is 19.9 Å². The molecular weight excluding hydrogens is 266 g/mol. The zero-order chi connectivity index (χ0) is 13.4. The lowest BCUT2D eigenvalue weighted by atomic mass is 10.3. The maximum absolute atomic E-state index is 6.06. The van der Waals surface area contributed by atoms with Crippen molar-refractivity contribution in [1.82, 2.24) is 19.7 Å². The van der Waals surface area contributed by atoms with Crippen molar-refractivity contribution in [2.75, 3.05) is 31.2 Å². The molecular formula is C12H16ClN5O. The Morgan fingerprint density at radius 2 is 2.00 bits per heavy atom. The number of aromatic nitrogens is 4. The molecule has 0 amide bonds. The number of ether oxygens (including phenoxy) is 1. The quantitative estimate of drug-likeness (QED) is 0.787. The predicted molar refractivity (Wildman–Crippen MR) is 73.8 cm³/mol. The zero-order valence-electron chi connectivity index (χ0n) is 11.0. The van der Waals surface area contributed by atoms with Gasteiger partial charge in [-0.25, -0.2) is 4.68 Å². The number of nitrogens with zero attached hydrogens (tertiary/aromatic N) is 5. The summed E-state index contributed by atoms with van der Waals surface area (Å²) in [4.78, 5) is 10.9. The first-order chi connectivity index (χ1) is 9.16. The third-order valence-corrected chi connectivity index (χ3v) is 3.38. The summed E-state index contributed by atoms with van der Waals surface area (Å²) < 4.78 is 7.24. The molecule has 6 nitrogen and oxygen atoms in total. The Balaban J connectivity index is 2.13. The average molecular weight is 282 g/mol. The molecule has 0 aliphatic carbocycles. The van der Waals surface area contributed by atoms with Crippen LogP contribution in [-0.2, 0) is 4.74 Å². The second-order valence-corrected chi connectivity index (χ2v) is 5.17. The topological polar surface area (TPSA) is 56.1 Å². The third kappa shape index (κ3) is 2.26. The largest absolute Gasteiger partial charge is 0.378 e. The van der Waals surface area contributed by atoms with Gasteiger partial charge < -0.3 is 9.64 Å². The molecule has 0 aromatic carbocycles. The van der Waals surface area contributed by atoms with E-state index in [4.69, 9.17) is 16.3 Å². The maximum atomic E-state index is 6.06. The molecule has 0 saturated carbocycles. The fourth-order valence-corrected chi connectivity index (χ4v) is 2.44. The van der Waals surface area contributed by atoms with Crippen molar-refractivity contribution in [3.8, 4) is 0 Å². The second kappa shape index (κ2) is 4.94. The summed E-state index contributed by atoms with van der Waals surface area (Å²) >= 11 is 6.06. The summed E-state index contributed by atoms with van der Waals surface area (Å²) in [6.45, 7) is 7.18. The van der Waals surface area contributed by atoms with Crippen molar-refractivity contribution >= 4 is 28.5 Å². The molecule has 3 heterocycles. The molecule has 19 heavy (non-hydrogen) atoms. The molecule has 7 heteroatoms. The van der Waals surface area contributed by atoms with Gasteiger partial charge >= 0.3 is 0 Å². The van der Waals surface area contributed by atoms with Crippen LogP contribution < -0.4 is 4.90 Å². The third-order valence-electron chi connectivity index (χ3n) is 3.21. The van der Waals surface area contributed by atoms with Gasteiger partial charge in [-0.05, 0) is 25.4 Å². The fourth-order valence-electron chi connectivity index (χ4n) is 2.28. The molecule has 1 fully saturated rings. The van der Waals surface area contributed by atoms with Gasteiger partial charge in [-0.1, -0.05) is 0 Å². The van der Waals surface area contributed by atoms with Crippen molar-refractivity contribution in [2.45, 2.75) is 19.9 Å². The van der Waals surface area contributed by atoms with Gasteiger partial charge in [0.25, 0.3) is 0 Å². The Kier molecular flexibility index (Phi) is 3.28. The summed E-state index contributed by atoms with van der Waals surface area (Å²) in [5, 5.41) is 5.59. The highest BCUT2D eigenvalue weighted by molar-refractivity contribution is 6.28. The van der Waals surface area contributed by atoms with Crippen LogP contribution in [0, 0.1) is 0 Å². The number of fused-ring (bicyclic) bond motifs is 1. The van der Waals surface area contributed by atoms with Gasteiger partial charge in [0.05, 0.1) is 24.8 Å². The van der Waals surface area contributed by atoms with Crippen molar-refractivity contribution in [3.63, 3.8) is 0 Å². The molecule has 0 bridgehead atoms. The van der Waals surface area contributed by atoms with E-state index in [0.717, 1.165) is 29.9 Å². The Morgan fingerprint density at radius 3 is 2.68 bits per heavy atom. The molecule has 0 atom stereocenters. The lowest BCUT2D eigenvalue weighted by Crippen LogP contribution is -2.37. The SMILES string of the molecule is CC(C)n1ncc2c(N3CCOCC3)nc(Cl)nc21. The number of rotatable bonds is 2. The minimum absolute atomic E-state index is 0.237. The van der Waals surface area contributed by atoms with Crippen LogP contribution in [0.2, 0.25) is 5.28 Å². The molecule has 2 aromatic rings. The Hall–Kier alpha value is -1.40. The number of halogens is 1. The van der Waals surface area contributed by atoms with Gasteiger partial charge in [0, 0.05) is 19.1 Å². The molecule has 1 saturated heterocycles. The van der Waals surface area contributed by atoms with Crippen molar-refractivity contribution in [2.24, 2.45) is 0 Å². The van der Waals surface area contributed by atoms with E-state index in [9.17, 15) is 0 Å². The van der Waals surface area contributed by atoms with Crippen LogP contribution in [0.3, 0.4) is 0 Å². The highest BCUT2D eigenvalue weighted by Gasteiger charge is 2.20. The van der Waals surface area contributed by atoms with E-state index in [1.807, 2.05) is 10.9 Å². The van der Waals surface area contributed by atoms with Crippen molar-refractivity contribution in [1.29, 1.82) is 0 Å². The normalized spacial score (nSPS) is 16.5. The van der Waals surface area contributed by atoms with Crippen molar-refractivity contribution < 1.29 is 4.74 Å². The molecule has 3 rings (SSSR count). The number of anilines is 1. The number of hydrogen-bond acceptors (Lipinski definition) is 5. The van der Waals surface area contributed by atoms with Crippen molar-refractivity contribution in [3.05, 3.63) is 11.5 Å². The van der Waals surface area contributed by atoms with E-state index in [-0.39, 0.29) is 11.3 Å². The first kappa shape index (κ1) is 12.6. The maximum Gasteiger partial charge on any atom is 0.226 e. The fraction of sp³-hybridized carbons (Fsp3) is 0.583. The molecule has 2 aromatic heterocycles. The smallest absolute Gasteiger partial charge is 0.226 e. The minimum Gasteiger partial charge on any atom is -0.378 e. The van der Waals surface area contributed by atoms with Crippen LogP contribution in [0.5, 0.6) is 0 Å². The molecule has 102 valence electrons. The van der Waals surface area contributed by atoms with Crippen LogP contribution in [0.25, 0.3) is 11.0 Å². The van der Waals surface area contributed by atoms with Crippen LogP contribution in [0.4, 0.5) is 5.82 Å². The Bertz CT molecular complexity index is 591. The average Bonchev–Trinajstić information content (AvgIpc) is 2.82. The van der Waals surface area contributed by atoms with E-state index < -0.39 is 0 Å². The second-order valence-electron chi connectivity index (χ2n) is 4.84. The zero-order valence-corrected chi connectivity index (χ0v) is 11.8. The first-order valence-corrected chi connectivity index (χ1v) is 6.78. The molecule has 0 unspecified atom stereocenters. The van der Waals surface area contributed by atoms with E-state index in [1.165, 1.54) is 0 Å². The molecule has 0 N–H and O–H groups in total. The Labute approximate surface area is 116 Å². The summed E-state index contributed by atoms with van der Waals surface area (Å²) in [6, 6.07) is 0.237. The number of morpholine rings is 1. The van der Waals surface area contributed by atoms with E-state index in [0.29, 0.717) is 13.2 Å². The summed E-state index contributed by atoms with van der Waals surface area (Å²) in [6.07, 6.45) is 1.82. The predicted octanol–water partition coefficient (Wildman–Crippen LogP) is 1.90. The van der Waals surface area contributed by atoms with Gasteiger partial charge in [-0.15, -0.1) is 0 Å². The van der Waals surface area contributed by atoms with Gasteiger partial charge in [-0.2, -0.15) is 15.1 Å². The van der Waals surface area contributed by atoms with Gasteiger partial charge in [0.15, 0.2) is 5.65 Å². The lowest BCUT2D eigenvalue weighted by molar-refractivity contribution is 0.122. The summed E-state index contributed by atoms with van der Waals surface area (Å²) in [7, 11) is 0. The summed E-state index contributed by atoms with van der Waals surface area (Å²) in [5.41, 5.74) is 0.788. The highest BCUT2D eigenvalue weighted by Crippen LogP contribution is 2.27. The van der Waals surface area contributed by atoms with Crippen LogP contribution in [0.15, 0.2) is 6.20 Å². The number of hydrogen-bond donors (Lipinski definition) is 0. The monoisotopic (exact) mass is 281 g/mol. The highest BCUT2D eigenvalue weighted by atomic mass is 35.5. The molecule has 0 spiro atoms. The van der Waals surface area contributed by atoms with Crippen LogP contribution >= 0.6 is 11.6 Å². The molecule has 0 radical (unpaired) electrons. The standard InChI is InChI=1S/C12H16ClN5O/c1-8(2)18-11-9(7-14-18)10(15-12(13)16-11)17-3-5-19-6-4-17/h7-8H,3-6H2,1-2H3. The van der Waals surface area contributed by atoms with Gasteiger partial charge in [-0.3, -0.25) is 0 Å². The Morgan fingerprint density at radius 1 is 1.26 bits per heavy atom. The minimum atomic E-state index is 0.237.